The molecule has 1 aromatic heterocycles. The third kappa shape index (κ3) is 3.53. The van der Waals surface area contributed by atoms with Crippen molar-refractivity contribution in [2.75, 3.05) is 18.0 Å². The second-order valence-electron chi connectivity index (χ2n) is 6.19. The molecule has 0 unspecified atom stereocenters. The van der Waals surface area contributed by atoms with Gasteiger partial charge < -0.3 is 10.0 Å². The molecule has 1 fully saturated rings. The Morgan fingerprint density at radius 2 is 2.08 bits per heavy atom. The molecule has 0 aliphatic carbocycles. The summed E-state index contributed by atoms with van der Waals surface area (Å²) in [7, 11) is 0. The molecular formula is C18H20FN3O2. The lowest BCUT2D eigenvalue weighted by Gasteiger charge is -2.33. The van der Waals surface area contributed by atoms with Gasteiger partial charge in [-0.1, -0.05) is 6.07 Å². The number of benzene rings is 1. The van der Waals surface area contributed by atoms with Crippen molar-refractivity contribution in [3.8, 4) is 5.75 Å². The summed E-state index contributed by atoms with van der Waals surface area (Å²) in [6.07, 6.45) is 3.14. The van der Waals surface area contributed by atoms with Gasteiger partial charge in [-0.15, -0.1) is 0 Å². The molecule has 3 rings (SSSR count). The zero-order valence-corrected chi connectivity index (χ0v) is 13.6. The molecule has 0 bridgehead atoms. The third-order valence-electron chi connectivity index (χ3n) is 4.50. The van der Waals surface area contributed by atoms with E-state index < -0.39 is 0 Å². The molecule has 126 valence electrons. The second kappa shape index (κ2) is 6.95. The lowest BCUT2D eigenvalue weighted by atomic mass is 9.93. The van der Waals surface area contributed by atoms with E-state index in [2.05, 4.69) is 14.9 Å². The number of aromatic nitrogens is 2. The number of carbonyl (C=O) groups is 1. The Hall–Kier alpha value is -2.50. The number of piperidine rings is 1. The highest BCUT2D eigenvalue weighted by Crippen LogP contribution is 2.26. The van der Waals surface area contributed by atoms with Crippen LogP contribution in [0.1, 0.15) is 34.8 Å². The van der Waals surface area contributed by atoms with E-state index in [-0.39, 0.29) is 17.3 Å². The predicted molar refractivity (Wildman–Crippen MR) is 88.9 cm³/mol. The van der Waals surface area contributed by atoms with Gasteiger partial charge in [0.1, 0.15) is 17.3 Å². The number of aryl methyl sites for hydroxylation is 1. The number of rotatable bonds is 4. The van der Waals surface area contributed by atoms with Crippen LogP contribution in [0.2, 0.25) is 0 Å². The Morgan fingerprint density at radius 1 is 1.33 bits per heavy atom. The van der Waals surface area contributed by atoms with Crippen molar-refractivity contribution in [1.29, 1.82) is 0 Å². The molecule has 1 aliphatic heterocycles. The van der Waals surface area contributed by atoms with Gasteiger partial charge in [-0.05, 0) is 43.9 Å². The topological polar surface area (TPSA) is 66.3 Å². The molecule has 6 heteroatoms. The minimum absolute atomic E-state index is 0.0506. The number of carbonyl (C=O) groups excluding carboxylic acids is 1. The summed E-state index contributed by atoms with van der Waals surface area (Å²) in [5.41, 5.74) is 1.39. The quantitative estimate of drug-likeness (QED) is 0.874. The number of hydrogen-bond acceptors (Lipinski definition) is 5. The standard InChI is InChI=1S/C18H20FN3O2/c1-12-18(24)16(11-23)21-17(20-12)9-13-5-7-22(8-6-13)15-4-2-3-14(19)10-15/h2-4,10-11,13,24H,5-9H2,1H3. The molecule has 0 radical (unpaired) electrons. The Morgan fingerprint density at radius 3 is 2.75 bits per heavy atom. The summed E-state index contributed by atoms with van der Waals surface area (Å²) in [6.45, 7) is 3.37. The Balaban J connectivity index is 1.63. The number of halogens is 1. The van der Waals surface area contributed by atoms with Gasteiger partial charge in [-0.2, -0.15) is 0 Å². The summed E-state index contributed by atoms with van der Waals surface area (Å²) in [5.74, 6) is 0.647. The van der Waals surface area contributed by atoms with Gasteiger partial charge >= 0.3 is 0 Å². The van der Waals surface area contributed by atoms with Gasteiger partial charge in [0, 0.05) is 25.2 Å². The number of nitrogens with zero attached hydrogens (tertiary/aromatic N) is 3. The molecule has 1 N–H and O–H groups in total. The van der Waals surface area contributed by atoms with Crippen LogP contribution in [0, 0.1) is 18.7 Å². The van der Waals surface area contributed by atoms with Crippen LogP contribution in [0.3, 0.4) is 0 Å². The van der Waals surface area contributed by atoms with Crippen molar-refractivity contribution in [2.24, 2.45) is 5.92 Å². The first-order chi connectivity index (χ1) is 11.6. The second-order valence-corrected chi connectivity index (χ2v) is 6.19. The minimum Gasteiger partial charge on any atom is -0.504 e. The molecule has 24 heavy (non-hydrogen) atoms. The highest BCUT2D eigenvalue weighted by Gasteiger charge is 2.22. The van der Waals surface area contributed by atoms with Crippen LogP contribution in [0.25, 0.3) is 0 Å². The molecule has 1 aromatic carbocycles. The van der Waals surface area contributed by atoms with Gasteiger partial charge in [-0.3, -0.25) is 4.79 Å². The maximum absolute atomic E-state index is 13.3. The van der Waals surface area contributed by atoms with Crippen LogP contribution in [-0.2, 0) is 6.42 Å². The van der Waals surface area contributed by atoms with Crippen LogP contribution < -0.4 is 4.90 Å². The summed E-state index contributed by atoms with van der Waals surface area (Å²) in [4.78, 5) is 21.6. The molecule has 0 amide bonds. The van der Waals surface area contributed by atoms with E-state index in [0.29, 0.717) is 30.1 Å². The van der Waals surface area contributed by atoms with Crippen molar-refractivity contribution in [3.05, 3.63) is 47.3 Å². The van der Waals surface area contributed by atoms with Crippen LogP contribution in [-0.4, -0.2) is 34.5 Å². The predicted octanol–water partition coefficient (Wildman–Crippen LogP) is 2.90. The molecule has 1 saturated heterocycles. The van der Waals surface area contributed by atoms with E-state index in [0.717, 1.165) is 31.6 Å². The van der Waals surface area contributed by atoms with Crippen molar-refractivity contribution in [1.82, 2.24) is 9.97 Å². The fourth-order valence-electron chi connectivity index (χ4n) is 3.15. The van der Waals surface area contributed by atoms with Crippen LogP contribution in [0.5, 0.6) is 5.75 Å². The zero-order valence-electron chi connectivity index (χ0n) is 13.6. The molecule has 2 heterocycles. The van der Waals surface area contributed by atoms with E-state index in [4.69, 9.17) is 0 Å². The molecule has 5 nitrogen and oxygen atoms in total. The van der Waals surface area contributed by atoms with Crippen molar-refractivity contribution < 1.29 is 14.3 Å². The Bertz CT molecular complexity index is 743. The van der Waals surface area contributed by atoms with E-state index >= 15 is 0 Å². The van der Waals surface area contributed by atoms with Crippen molar-refractivity contribution in [2.45, 2.75) is 26.2 Å². The monoisotopic (exact) mass is 329 g/mol. The highest BCUT2D eigenvalue weighted by molar-refractivity contribution is 5.76. The highest BCUT2D eigenvalue weighted by atomic mass is 19.1. The molecule has 0 saturated carbocycles. The molecule has 0 spiro atoms. The first-order valence-corrected chi connectivity index (χ1v) is 8.09. The summed E-state index contributed by atoms with van der Waals surface area (Å²) in [5, 5.41) is 9.72. The van der Waals surface area contributed by atoms with E-state index in [1.165, 1.54) is 6.07 Å². The van der Waals surface area contributed by atoms with Crippen molar-refractivity contribution in [3.63, 3.8) is 0 Å². The Kier molecular flexibility index (Phi) is 4.74. The van der Waals surface area contributed by atoms with Gasteiger partial charge in [0.25, 0.3) is 0 Å². The maximum atomic E-state index is 13.3. The Labute approximate surface area is 140 Å². The van der Waals surface area contributed by atoms with E-state index in [9.17, 15) is 14.3 Å². The molecule has 0 atom stereocenters. The molecule has 2 aromatic rings. The van der Waals surface area contributed by atoms with Gasteiger partial charge in [0.15, 0.2) is 12.0 Å². The fourth-order valence-corrected chi connectivity index (χ4v) is 3.15. The summed E-state index contributed by atoms with van der Waals surface area (Å²) in [6, 6.07) is 6.66. The fraction of sp³-hybridized carbons (Fsp3) is 0.389. The normalized spacial score (nSPS) is 15.5. The van der Waals surface area contributed by atoms with Gasteiger partial charge in [0.05, 0.1) is 5.69 Å². The van der Waals surface area contributed by atoms with Gasteiger partial charge in [-0.25, -0.2) is 14.4 Å². The van der Waals surface area contributed by atoms with Crippen LogP contribution in [0.15, 0.2) is 24.3 Å². The lowest BCUT2D eigenvalue weighted by molar-refractivity contribution is 0.111. The van der Waals surface area contributed by atoms with E-state index in [1.807, 2.05) is 6.07 Å². The first kappa shape index (κ1) is 16.4. The average Bonchev–Trinajstić information content (AvgIpc) is 2.58. The van der Waals surface area contributed by atoms with Crippen LogP contribution >= 0.6 is 0 Å². The maximum Gasteiger partial charge on any atom is 0.172 e. The largest absolute Gasteiger partial charge is 0.504 e. The molecule has 1 aliphatic rings. The third-order valence-corrected chi connectivity index (χ3v) is 4.50. The minimum atomic E-state index is -0.219. The zero-order chi connectivity index (χ0) is 17.1. The molecular weight excluding hydrogens is 309 g/mol. The van der Waals surface area contributed by atoms with E-state index in [1.54, 1.807) is 19.1 Å². The summed E-state index contributed by atoms with van der Waals surface area (Å²) < 4.78 is 13.3. The number of hydrogen-bond donors (Lipinski definition) is 1. The first-order valence-electron chi connectivity index (χ1n) is 8.09. The number of aldehydes is 1. The van der Waals surface area contributed by atoms with Gasteiger partial charge in [0.2, 0.25) is 0 Å². The summed E-state index contributed by atoms with van der Waals surface area (Å²) >= 11 is 0. The smallest absolute Gasteiger partial charge is 0.172 e. The number of aromatic hydroxyl groups is 1. The lowest BCUT2D eigenvalue weighted by Crippen LogP contribution is -2.34. The average molecular weight is 329 g/mol. The number of anilines is 1. The van der Waals surface area contributed by atoms with Crippen LogP contribution in [0.4, 0.5) is 10.1 Å². The SMILES string of the molecule is Cc1nc(CC2CCN(c3cccc(F)c3)CC2)nc(C=O)c1O. The van der Waals surface area contributed by atoms with Crippen molar-refractivity contribution >= 4 is 12.0 Å².